The van der Waals surface area contributed by atoms with Crippen molar-refractivity contribution in [3.05, 3.63) is 41.9 Å². The summed E-state index contributed by atoms with van der Waals surface area (Å²) in [6.07, 6.45) is 3.75. The van der Waals surface area contributed by atoms with Crippen LogP contribution >= 0.6 is 11.8 Å². The van der Waals surface area contributed by atoms with E-state index in [0.29, 0.717) is 5.82 Å². The lowest BCUT2D eigenvalue weighted by atomic mass is 10.2. The molecule has 0 bridgehead atoms. The van der Waals surface area contributed by atoms with Gasteiger partial charge in [-0.25, -0.2) is 0 Å². The Balaban J connectivity index is 1.95. The van der Waals surface area contributed by atoms with Crippen LogP contribution in [0.25, 0.3) is 10.8 Å². The second kappa shape index (κ2) is 4.55. The number of aromatic nitrogens is 2. The lowest BCUT2D eigenvalue weighted by Gasteiger charge is -2.03. The normalized spacial score (nSPS) is 16.8. The van der Waals surface area contributed by atoms with Crippen LogP contribution in [-0.4, -0.2) is 21.7 Å². The minimum atomic E-state index is 0.695. The SMILES string of the molecule is C1=C/C(=N/Nc2nncc3ccccc23)CS1. The zero-order chi connectivity index (χ0) is 11.5. The molecule has 1 N–H and O–H groups in total. The molecule has 1 aromatic carbocycles. The fourth-order valence-electron chi connectivity index (χ4n) is 1.61. The number of nitrogens with zero attached hydrogens (tertiary/aromatic N) is 3. The lowest BCUT2D eigenvalue weighted by molar-refractivity contribution is 1.04. The Morgan fingerprint density at radius 3 is 3.12 bits per heavy atom. The molecule has 4 nitrogen and oxygen atoms in total. The summed E-state index contributed by atoms with van der Waals surface area (Å²) in [6, 6.07) is 7.98. The van der Waals surface area contributed by atoms with Gasteiger partial charge in [-0.15, -0.1) is 16.9 Å². The van der Waals surface area contributed by atoms with Gasteiger partial charge in [-0.3, -0.25) is 5.43 Å². The number of nitrogens with one attached hydrogen (secondary N) is 1. The van der Waals surface area contributed by atoms with E-state index in [-0.39, 0.29) is 0 Å². The number of hydrogen-bond acceptors (Lipinski definition) is 5. The Bertz CT molecular complexity index is 601. The molecule has 0 saturated heterocycles. The summed E-state index contributed by atoms with van der Waals surface area (Å²) in [4.78, 5) is 0. The molecule has 0 spiro atoms. The summed E-state index contributed by atoms with van der Waals surface area (Å²) < 4.78 is 0. The molecule has 0 fully saturated rings. The Morgan fingerprint density at radius 2 is 2.24 bits per heavy atom. The summed E-state index contributed by atoms with van der Waals surface area (Å²) in [5.41, 5.74) is 4.00. The van der Waals surface area contributed by atoms with Crippen molar-refractivity contribution in [2.24, 2.45) is 5.10 Å². The summed E-state index contributed by atoms with van der Waals surface area (Å²) >= 11 is 1.73. The molecule has 17 heavy (non-hydrogen) atoms. The highest BCUT2D eigenvalue weighted by molar-refractivity contribution is 8.03. The van der Waals surface area contributed by atoms with Gasteiger partial charge in [0, 0.05) is 16.5 Å². The van der Waals surface area contributed by atoms with Crippen LogP contribution in [0.4, 0.5) is 5.82 Å². The molecule has 0 unspecified atom stereocenters. The summed E-state index contributed by atoms with van der Waals surface area (Å²) in [6.45, 7) is 0. The van der Waals surface area contributed by atoms with Crippen LogP contribution in [0.3, 0.4) is 0 Å². The lowest BCUT2D eigenvalue weighted by Crippen LogP contribution is -2.01. The predicted octanol–water partition coefficient (Wildman–Crippen LogP) is 2.66. The Morgan fingerprint density at radius 1 is 1.29 bits per heavy atom. The van der Waals surface area contributed by atoms with Crippen LogP contribution in [0.15, 0.2) is 47.0 Å². The number of allylic oxidation sites excluding steroid dienone is 1. The number of benzene rings is 1. The second-order valence-electron chi connectivity index (χ2n) is 3.61. The molecular formula is C12H10N4S. The van der Waals surface area contributed by atoms with Gasteiger partial charge in [0.1, 0.15) is 0 Å². The molecule has 0 aliphatic carbocycles. The van der Waals surface area contributed by atoms with Crippen molar-refractivity contribution in [3.8, 4) is 0 Å². The smallest absolute Gasteiger partial charge is 0.176 e. The van der Waals surface area contributed by atoms with Crippen LogP contribution in [0.5, 0.6) is 0 Å². The quantitative estimate of drug-likeness (QED) is 0.822. The summed E-state index contributed by atoms with van der Waals surface area (Å²) in [5.74, 6) is 1.60. The van der Waals surface area contributed by atoms with Crippen molar-refractivity contribution in [2.45, 2.75) is 0 Å². The monoisotopic (exact) mass is 242 g/mol. The first-order chi connectivity index (χ1) is 8.43. The van der Waals surface area contributed by atoms with E-state index in [1.54, 1.807) is 18.0 Å². The maximum absolute atomic E-state index is 4.30. The Kier molecular flexibility index (Phi) is 2.75. The van der Waals surface area contributed by atoms with E-state index in [1.165, 1.54) is 0 Å². The van der Waals surface area contributed by atoms with Crippen molar-refractivity contribution >= 4 is 34.1 Å². The average molecular weight is 242 g/mol. The van der Waals surface area contributed by atoms with Gasteiger partial charge in [-0.05, 0) is 11.5 Å². The van der Waals surface area contributed by atoms with Crippen molar-refractivity contribution in [2.75, 3.05) is 11.2 Å². The largest absolute Gasteiger partial charge is 0.259 e. The summed E-state index contributed by atoms with van der Waals surface area (Å²) in [7, 11) is 0. The maximum atomic E-state index is 4.30. The number of anilines is 1. The van der Waals surface area contributed by atoms with Crippen molar-refractivity contribution in [3.63, 3.8) is 0 Å². The molecular weight excluding hydrogens is 232 g/mol. The van der Waals surface area contributed by atoms with E-state index in [4.69, 9.17) is 0 Å². The molecule has 0 atom stereocenters. The molecule has 2 heterocycles. The molecule has 0 amide bonds. The molecule has 84 valence electrons. The van der Waals surface area contributed by atoms with Crippen LogP contribution in [0, 0.1) is 0 Å². The highest BCUT2D eigenvalue weighted by atomic mass is 32.2. The first-order valence-electron chi connectivity index (χ1n) is 5.24. The van der Waals surface area contributed by atoms with Gasteiger partial charge in [-0.2, -0.15) is 10.2 Å². The van der Waals surface area contributed by atoms with Gasteiger partial charge >= 0.3 is 0 Å². The fourth-order valence-corrected chi connectivity index (χ4v) is 2.29. The third kappa shape index (κ3) is 2.14. The van der Waals surface area contributed by atoms with Gasteiger partial charge in [0.15, 0.2) is 5.82 Å². The summed E-state index contributed by atoms with van der Waals surface area (Å²) in [5, 5.41) is 16.4. The highest BCUT2D eigenvalue weighted by Crippen LogP contribution is 2.19. The van der Waals surface area contributed by atoms with E-state index in [2.05, 4.69) is 20.7 Å². The third-order valence-corrected chi connectivity index (χ3v) is 3.25. The molecule has 5 heteroatoms. The van der Waals surface area contributed by atoms with Gasteiger partial charge in [0.2, 0.25) is 0 Å². The zero-order valence-electron chi connectivity index (χ0n) is 9.00. The van der Waals surface area contributed by atoms with E-state index in [0.717, 1.165) is 22.2 Å². The fraction of sp³-hybridized carbons (Fsp3) is 0.0833. The minimum Gasteiger partial charge on any atom is -0.259 e. The molecule has 1 aliphatic heterocycles. The highest BCUT2D eigenvalue weighted by Gasteiger charge is 2.04. The van der Waals surface area contributed by atoms with Crippen LogP contribution in [0.1, 0.15) is 0 Å². The molecule has 0 radical (unpaired) electrons. The predicted molar refractivity (Wildman–Crippen MR) is 72.2 cm³/mol. The maximum Gasteiger partial charge on any atom is 0.176 e. The van der Waals surface area contributed by atoms with Gasteiger partial charge in [-0.1, -0.05) is 24.3 Å². The number of fused-ring (bicyclic) bond motifs is 1. The first kappa shape index (κ1) is 10.3. The zero-order valence-corrected chi connectivity index (χ0v) is 9.81. The number of rotatable bonds is 2. The van der Waals surface area contributed by atoms with Crippen molar-refractivity contribution in [1.29, 1.82) is 0 Å². The van der Waals surface area contributed by atoms with E-state index in [1.807, 2.05) is 35.7 Å². The van der Waals surface area contributed by atoms with Crippen LogP contribution in [0.2, 0.25) is 0 Å². The van der Waals surface area contributed by atoms with Crippen LogP contribution < -0.4 is 5.43 Å². The number of hydrazone groups is 1. The standard InChI is InChI=1S/C12H10N4S/c1-2-4-11-9(3-1)7-13-15-12(11)16-14-10-5-6-17-8-10/h1-7H,8H2,(H,15,16)/b14-10-. The van der Waals surface area contributed by atoms with E-state index >= 15 is 0 Å². The second-order valence-corrected chi connectivity index (χ2v) is 4.50. The Labute approximate surface area is 103 Å². The molecule has 2 aromatic rings. The molecule has 1 aliphatic rings. The number of hydrogen-bond donors (Lipinski definition) is 1. The van der Waals surface area contributed by atoms with Gasteiger partial charge in [0.25, 0.3) is 0 Å². The number of thioether (sulfide) groups is 1. The topological polar surface area (TPSA) is 50.2 Å². The van der Waals surface area contributed by atoms with Crippen molar-refractivity contribution in [1.82, 2.24) is 10.2 Å². The van der Waals surface area contributed by atoms with Gasteiger partial charge in [0.05, 0.1) is 11.9 Å². The van der Waals surface area contributed by atoms with E-state index in [9.17, 15) is 0 Å². The average Bonchev–Trinajstić information content (AvgIpc) is 2.89. The molecule has 1 aromatic heterocycles. The third-order valence-electron chi connectivity index (χ3n) is 2.46. The Hall–Kier alpha value is -1.88. The van der Waals surface area contributed by atoms with E-state index < -0.39 is 0 Å². The first-order valence-corrected chi connectivity index (χ1v) is 6.29. The molecule has 3 rings (SSSR count). The van der Waals surface area contributed by atoms with Crippen molar-refractivity contribution < 1.29 is 0 Å². The minimum absolute atomic E-state index is 0.695. The van der Waals surface area contributed by atoms with Crippen LogP contribution in [-0.2, 0) is 0 Å². The molecule has 0 saturated carbocycles. The van der Waals surface area contributed by atoms with Gasteiger partial charge < -0.3 is 0 Å².